The number of pyridine rings is 1. The fourth-order valence-electron chi connectivity index (χ4n) is 3.07. The Labute approximate surface area is 145 Å². The molecule has 24 heavy (non-hydrogen) atoms. The molecule has 120 valence electrons. The second-order valence-electron chi connectivity index (χ2n) is 5.40. The van der Waals surface area contributed by atoms with Crippen LogP contribution in [-0.2, 0) is 11.2 Å². The number of aromatic nitrogens is 1. The van der Waals surface area contributed by atoms with Gasteiger partial charge >= 0.3 is 0 Å². The van der Waals surface area contributed by atoms with Crippen LogP contribution in [0.3, 0.4) is 0 Å². The van der Waals surface area contributed by atoms with Crippen LogP contribution in [0.2, 0.25) is 0 Å². The van der Waals surface area contributed by atoms with E-state index in [-0.39, 0.29) is 12.4 Å². The van der Waals surface area contributed by atoms with Crippen molar-refractivity contribution in [3.8, 4) is 5.75 Å². The molecule has 1 aliphatic heterocycles. The molecule has 5 heteroatoms. The van der Waals surface area contributed by atoms with Gasteiger partial charge in [0, 0.05) is 24.1 Å². The van der Waals surface area contributed by atoms with E-state index < -0.39 is 0 Å². The second kappa shape index (κ2) is 6.36. The maximum Gasteiger partial charge on any atom is 0.146 e. The number of halogens is 1. The molecule has 0 unspecified atom stereocenters. The molecular formula is C19H15ClN2O2. The molecule has 3 aromatic rings. The van der Waals surface area contributed by atoms with Gasteiger partial charge in [0.25, 0.3) is 0 Å². The van der Waals surface area contributed by atoms with Crippen LogP contribution in [0.1, 0.15) is 5.56 Å². The quantitative estimate of drug-likeness (QED) is 0.660. The van der Waals surface area contributed by atoms with E-state index in [1.807, 2.05) is 53.4 Å². The van der Waals surface area contributed by atoms with Crippen LogP contribution in [0.5, 0.6) is 5.75 Å². The maximum absolute atomic E-state index is 11.5. The maximum atomic E-state index is 11.5. The molecule has 0 atom stereocenters. The summed E-state index contributed by atoms with van der Waals surface area (Å²) >= 11 is 0. The Kier molecular flexibility index (Phi) is 4.26. The first-order chi connectivity index (χ1) is 11.3. The Balaban J connectivity index is 0.00000169. The van der Waals surface area contributed by atoms with Crippen molar-refractivity contribution in [2.45, 2.75) is 6.42 Å². The zero-order chi connectivity index (χ0) is 15.8. The van der Waals surface area contributed by atoms with Gasteiger partial charge in [-0.05, 0) is 29.8 Å². The molecule has 0 amide bonds. The van der Waals surface area contributed by atoms with E-state index in [0.29, 0.717) is 12.1 Å². The molecule has 0 radical (unpaired) electrons. The Morgan fingerprint density at radius 3 is 2.75 bits per heavy atom. The summed E-state index contributed by atoms with van der Waals surface area (Å²) in [6, 6.07) is 15.7. The molecule has 0 saturated carbocycles. The van der Waals surface area contributed by atoms with Gasteiger partial charge < -0.3 is 9.64 Å². The number of methoxy groups -OCH3 is 1. The highest BCUT2D eigenvalue weighted by Gasteiger charge is 2.27. The van der Waals surface area contributed by atoms with Crippen LogP contribution >= 0.6 is 12.4 Å². The largest absolute Gasteiger partial charge is 0.497 e. The van der Waals surface area contributed by atoms with Gasteiger partial charge in [0.05, 0.1) is 24.0 Å². The Morgan fingerprint density at radius 2 is 1.96 bits per heavy atom. The van der Waals surface area contributed by atoms with Crippen molar-refractivity contribution in [3.05, 3.63) is 66.0 Å². The van der Waals surface area contributed by atoms with E-state index in [1.165, 1.54) is 0 Å². The second-order valence-corrected chi connectivity index (χ2v) is 5.40. The highest BCUT2D eigenvalue weighted by molar-refractivity contribution is 5.98. The zero-order valence-corrected chi connectivity index (χ0v) is 13.8. The van der Waals surface area contributed by atoms with Gasteiger partial charge in [-0.1, -0.05) is 18.2 Å². The predicted octanol–water partition coefficient (Wildman–Crippen LogP) is 4.07. The van der Waals surface area contributed by atoms with Crippen molar-refractivity contribution in [1.29, 1.82) is 0 Å². The van der Waals surface area contributed by atoms with E-state index in [1.54, 1.807) is 13.3 Å². The normalized spacial score (nSPS) is 12.5. The average molecular weight is 339 g/mol. The van der Waals surface area contributed by atoms with Crippen LogP contribution in [0.15, 0.2) is 60.4 Å². The fraction of sp³-hybridized carbons (Fsp3) is 0.105. The third-order valence-corrected chi connectivity index (χ3v) is 4.15. The number of hydrogen-bond donors (Lipinski definition) is 0. The Hall–Kier alpha value is -2.81. The number of ether oxygens (including phenoxy) is 1. The Bertz CT molecular complexity index is 964. The van der Waals surface area contributed by atoms with Crippen molar-refractivity contribution in [3.63, 3.8) is 0 Å². The Morgan fingerprint density at radius 1 is 1.12 bits per heavy atom. The van der Waals surface area contributed by atoms with Crippen LogP contribution in [0.25, 0.3) is 10.9 Å². The molecule has 2 heterocycles. The standard InChI is InChI=1S/C19H14N2O2.ClH/c1-23-15-6-7-16-17(11-15)20-9-8-19(16)21-14(12-22)10-13-4-2-3-5-18(13)21;/h2-9,11H,10H2,1H3;1H. The summed E-state index contributed by atoms with van der Waals surface area (Å²) in [5.41, 5.74) is 4.53. The lowest BCUT2D eigenvalue weighted by atomic mass is 10.1. The number of carbonyl (C=O) groups excluding carboxylic acids is 1. The highest BCUT2D eigenvalue weighted by Crippen LogP contribution is 2.42. The van der Waals surface area contributed by atoms with E-state index in [2.05, 4.69) is 10.9 Å². The summed E-state index contributed by atoms with van der Waals surface area (Å²) in [5, 5.41) is 0.970. The molecule has 1 aliphatic rings. The molecule has 0 fully saturated rings. The molecule has 4 nitrogen and oxygen atoms in total. The summed E-state index contributed by atoms with van der Waals surface area (Å²) in [4.78, 5) is 17.8. The lowest BCUT2D eigenvalue weighted by molar-refractivity contribution is 0.415. The molecule has 2 aromatic carbocycles. The van der Waals surface area contributed by atoms with E-state index >= 15 is 0 Å². The van der Waals surface area contributed by atoms with Gasteiger partial charge in [-0.15, -0.1) is 12.4 Å². The number of benzene rings is 2. The molecule has 0 bridgehead atoms. The van der Waals surface area contributed by atoms with Crippen LogP contribution in [0.4, 0.5) is 11.4 Å². The minimum Gasteiger partial charge on any atom is -0.497 e. The molecule has 0 N–H and O–H groups in total. The first-order valence-corrected chi connectivity index (χ1v) is 7.36. The lowest BCUT2D eigenvalue weighted by Gasteiger charge is -2.21. The smallest absolute Gasteiger partial charge is 0.146 e. The predicted molar refractivity (Wildman–Crippen MR) is 97.0 cm³/mol. The number of para-hydroxylation sites is 1. The van der Waals surface area contributed by atoms with Gasteiger partial charge in [-0.25, -0.2) is 4.79 Å². The highest BCUT2D eigenvalue weighted by atomic mass is 35.5. The third kappa shape index (κ3) is 2.42. The number of allylic oxidation sites excluding steroid dienone is 1. The minimum absolute atomic E-state index is 0. The number of rotatable bonds is 2. The lowest BCUT2D eigenvalue weighted by Crippen LogP contribution is -2.12. The number of nitrogens with zero attached hydrogens (tertiary/aromatic N) is 2. The number of anilines is 2. The minimum atomic E-state index is 0. The van der Waals surface area contributed by atoms with E-state index in [0.717, 1.165) is 33.6 Å². The summed E-state index contributed by atoms with van der Waals surface area (Å²) < 4.78 is 5.27. The van der Waals surface area contributed by atoms with Crippen LogP contribution in [0, 0.1) is 0 Å². The number of fused-ring (bicyclic) bond motifs is 2. The summed E-state index contributed by atoms with van der Waals surface area (Å²) in [7, 11) is 1.63. The summed E-state index contributed by atoms with van der Waals surface area (Å²) in [6.07, 6.45) is 2.35. The van der Waals surface area contributed by atoms with Gasteiger partial charge in [-0.3, -0.25) is 4.98 Å². The number of hydrogen-bond acceptors (Lipinski definition) is 4. The fourth-order valence-corrected chi connectivity index (χ4v) is 3.07. The monoisotopic (exact) mass is 338 g/mol. The van der Waals surface area contributed by atoms with Gasteiger partial charge in [0.2, 0.25) is 0 Å². The van der Waals surface area contributed by atoms with E-state index in [9.17, 15) is 4.79 Å². The third-order valence-electron chi connectivity index (χ3n) is 4.15. The first kappa shape index (κ1) is 16.1. The molecule has 1 aromatic heterocycles. The van der Waals surface area contributed by atoms with Crippen molar-refractivity contribution in [1.82, 2.24) is 4.98 Å². The van der Waals surface area contributed by atoms with Crippen molar-refractivity contribution >= 4 is 40.6 Å². The summed E-state index contributed by atoms with van der Waals surface area (Å²) in [5.74, 6) is 2.85. The van der Waals surface area contributed by atoms with Crippen molar-refractivity contribution < 1.29 is 9.53 Å². The molecule has 0 saturated heterocycles. The molecule has 0 spiro atoms. The molecular weight excluding hydrogens is 324 g/mol. The average Bonchev–Trinajstić information content (AvgIpc) is 2.99. The van der Waals surface area contributed by atoms with E-state index in [4.69, 9.17) is 4.74 Å². The van der Waals surface area contributed by atoms with Crippen LogP contribution in [-0.4, -0.2) is 18.0 Å². The van der Waals surface area contributed by atoms with Crippen molar-refractivity contribution in [2.75, 3.05) is 12.0 Å². The molecule has 0 aliphatic carbocycles. The zero-order valence-electron chi connectivity index (χ0n) is 13.0. The topological polar surface area (TPSA) is 42.4 Å². The first-order valence-electron chi connectivity index (χ1n) is 7.36. The molecule has 4 rings (SSSR count). The van der Waals surface area contributed by atoms with Gasteiger partial charge in [0.1, 0.15) is 17.4 Å². The van der Waals surface area contributed by atoms with Gasteiger partial charge in [-0.2, -0.15) is 0 Å². The van der Waals surface area contributed by atoms with Crippen LogP contribution < -0.4 is 9.64 Å². The SMILES string of the molecule is COc1ccc2c(N3C(=C=O)Cc4ccccc43)ccnc2c1.Cl. The van der Waals surface area contributed by atoms with Crippen molar-refractivity contribution in [2.24, 2.45) is 0 Å². The summed E-state index contributed by atoms with van der Waals surface area (Å²) in [6.45, 7) is 0. The van der Waals surface area contributed by atoms with Gasteiger partial charge in [0.15, 0.2) is 0 Å².